The highest BCUT2D eigenvalue weighted by atomic mass is 35.5. The van der Waals surface area contributed by atoms with Gasteiger partial charge in [-0.3, -0.25) is 4.79 Å². The standard InChI is InChI=1S/C17H18Cl2N4O/c1-11-5-7-23(8-6-11)17-20-9-12(10-21-17)16(24)22-15-13(18)3-2-4-14(15)19/h2-4,9-11H,5-8H2,1H3,(H,22,24). The van der Waals surface area contributed by atoms with Gasteiger partial charge in [-0.05, 0) is 30.9 Å². The molecule has 1 aliphatic heterocycles. The number of anilines is 2. The third kappa shape index (κ3) is 3.79. The lowest BCUT2D eigenvalue weighted by Crippen LogP contribution is -2.34. The van der Waals surface area contributed by atoms with Crippen LogP contribution in [0.5, 0.6) is 0 Å². The fourth-order valence-electron chi connectivity index (χ4n) is 2.61. The van der Waals surface area contributed by atoms with E-state index in [4.69, 9.17) is 23.2 Å². The smallest absolute Gasteiger partial charge is 0.258 e. The van der Waals surface area contributed by atoms with Crippen molar-refractivity contribution in [2.24, 2.45) is 5.92 Å². The monoisotopic (exact) mass is 364 g/mol. The first kappa shape index (κ1) is 17.0. The van der Waals surface area contributed by atoms with Crippen LogP contribution in [-0.4, -0.2) is 29.0 Å². The molecule has 0 unspecified atom stereocenters. The van der Waals surface area contributed by atoms with Crippen molar-refractivity contribution in [3.8, 4) is 0 Å². The van der Waals surface area contributed by atoms with Crippen LogP contribution >= 0.6 is 23.2 Å². The first-order valence-corrected chi connectivity index (χ1v) is 8.62. The van der Waals surface area contributed by atoms with Crippen LogP contribution in [0.25, 0.3) is 0 Å². The predicted molar refractivity (Wildman–Crippen MR) is 97.1 cm³/mol. The van der Waals surface area contributed by atoms with Crippen LogP contribution in [0, 0.1) is 5.92 Å². The number of amides is 1. The van der Waals surface area contributed by atoms with Crippen molar-refractivity contribution in [1.29, 1.82) is 0 Å². The van der Waals surface area contributed by atoms with E-state index in [1.54, 1.807) is 18.2 Å². The normalized spacial score (nSPS) is 15.4. The lowest BCUT2D eigenvalue weighted by Gasteiger charge is -2.30. The number of carbonyl (C=O) groups excluding carboxylic acids is 1. The third-order valence-corrected chi connectivity index (χ3v) is 4.80. The zero-order chi connectivity index (χ0) is 17.1. The van der Waals surface area contributed by atoms with Crippen LogP contribution in [0.4, 0.5) is 11.6 Å². The van der Waals surface area contributed by atoms with E-state index in [0.717, 1.165) is 31.8 Å². The Morgan fingerprint density at radius 3 is 2.33 bits per heavy atom. The first-order chi connectivity index (χ1) is 11.5. The average molecular weight is 365 g/mol. The number of carbonyl (C=O) groups is 1. The van der Waals surface area contributed by atoms with Crippen LogP contribution in [0.3, 0.4) is 0 Å². The van der Waals surface area contributed by atoms with E-state index in [-0.39, 0.29) is 5.91 Å². The van der Waals surface area contributed by atoms with Gasteiger partial charge in [0.25, 0.3) is 5.91 Å². The molecule has 24 heavy (non-hydrogen) atoms. The average Bonchev–Trinajstić information content (AvgIpc) is 2.59. The van der Waals surface area contributed by atoms with E-state index in [1.165, 1.54) is 12.4 Å². The molecule has 1 amide bonds. The number of benzene rings is 1. The number of nitrogens with zero attached hydrogens (tertiary/aromatic N) is 3. The second-order valence-electron chi connectivity index (χ2n) is 5.99. The summed E-state index contributed by atoms with van der Waals surface area (Å²) in [6.45, 7) is 4.15. The summed E-state index contributed by atoms with van der Waals surface area (Å²) >= 11 is 12.1. The number of halogens is 2. The van der Waals surface area contributed by atoms with Crippen molar-refractivity contribution in [2.45, 2.75) is 19.8 Å². The molecule has 5 nitrogen and oxygen atoms in total. The van der Waals surface area contributed by atoms with E-state index in [2.05, 4.69) is 27.1 Å². The topological polar surface area (TPSA) is 58.1 Å². The Bertz CT molecular complexity index is 708. The van der Waals surface area contributed by atoms with E-state index in [9.17, 15) is 4.79 Å². The number of hydrogen-bond acceptors (Lipinski definition) is 4. The maximum atomic E-state index is 12.3. The largest absolute Gasteiger partial charge is 0.341 e. The summed E-state index contributed by atoms with van der Waals surface area (Å²) in [5, 5.41) is 3.47. The van der Waals surface area contributed by atoms with Crippen LogP contribution in [0.2, 0.25) is 10.0 Å². The molecule has 2 aromatic rings. The summed E-state index contributed by atoms with van der Waals surface area (Å²) in [5.74, 6) is 1.06. The summed E-state index contributed by atoms with van der Waals surface area (Å²) < 4.78 is 0. The van der Waals surface area contributed by atoms with Crippen molar-refractivity contribution < 1.29 is 4.79 Å². The second kappa shape index (κ2) is 7.36. The van der Waals surface area contributed by atoms with Gasteiger partial charge in [0.15, 0.2) is 0 Å². The molecule has 1 fully saturated rings. The molecule has 3 rings (SSSR count). The maximum Gasteiger partial charge on any atom is 0.258 e. The Labute approximate surface area is 151 Å². The predicted octanol–water partition coefficient (Wildman–Crippen LogP) is 4.27. The molecule has 0 saturated carbocycles. The molecule has 1 N–H and O–H groups in total. The second-order valence-corrected chi connectivity index (χ2v) is 6.81. The summed E-state index contributed by atoms with van der Waals surface area (Å²) in [7, 11) is 0. The van der Waals surface area contributed by atoms with Gasteiger partial charge in [0.1, 0.15) is 0 Å². The quantitative estimate of drug-likeness (QED) is 0.883. The Morgan fingerprint density at radius 2 is 1.75 bits per heavy atom. The zero-order valence-electron chi connectivity index (χ0n) is 13.3. The Hall–Kier alpha value is -1.85. The molecular formula is C17H18Cl2N4O. The van der Waals surface area contributed by atoms with Crippen molar-refractivity contribution in [3.63, 3.8) is 0 Å². The molecule has 1 aromatic carbocycles. The minimum atomic E-state index is -0.344. The highest BCUT2D eigenvalue weighted by Gasteiger charge is 2.18. The van der Waals surface area contributed by atoms with Gasteiger partial charge in [-0.15, -0.1) is 0 Å². The molecule has 1 aliphatic rings. The summed E-state index contributed by atoms with van der Waals surface area (Å²) in [4.78, 5) is 23.1. The van der Waals surface area contributed by atoms with Gasteiger partial charge >= 0.3 is 0 Å². The highest BCUT2D eigenvalue weighted by Crippen LogP contribution is 2.30. The molecule has 2 heterocycles. The van der Waals surface area contributed by atoms with Gasteiger partial charge < -0.3 is 10.2 Å². The Balaban J connectivity index is 1.70. The van der Waals surface area contributed by atoms with Crippen molar-refractivity contribution in [3.05, 3.63) is 46.2 Å². The van der Waals surface area contributed by atoms with Gasteiger partial charge in [0.05, 0.1) is 21.3 Å². The van der Waals surface area contributed by atoms with E-state index < -0.39 is 0 Å². The molecule has 1 saturated heterocycles. The number of nitrogens with one attached hydrogen (secondary N) is 1. The van der Waals surface area contributed by atoms with Crippen molar-refractivity contribution >= 4 is 40.7 Å². The Morgan fingerprint density at radius 1 is 1.17 bits per heavy atom. The third-order valence-electron chi connectivity index (χ3n) is 4.17. The van der Waals surface area contributed by atoms with Crippen LogP contribution in [0.15, 0.2) is 30.6 Å². The maximum absolute atomic E-state index is 12.3. The molecule has 1 aromatic heterocycles. The fraction of sp³-hybridized carbons (Fsp3) is 0.353. The van der Waals surface area contributed by atoms with Gasteiger partial charge in [0.2, 0.25) is 5.95 Å². The minimum Gasteiger partial charge on any atom is -0.341 e. The summed E-state index contributed by atoms with van der Waals surface area (Å²) in [6, 6.07) is 5.05. The Kier molecular flexibility index (Phi) is 5.21. The lowest BCUT2D eigenvalue weighted by molar-refractivity contribution is 0.102. The molecule has 0 atom stereocenters. The summed E-state index contributed by atoms with van der Waals surface area (Å²) in [5.41, 5.74) is 0.750. The van der Waals surface area contributed by atoms with Crippen LogP contribution in [0.1, 0.15) is 30.1 Å². The number of para-hydroxylation sites is 1. The first-order valence-electron chi connectivity index (χ1n) is 7.87. The molecule has 0 radical (unpaired) electrons. The fourth-order valence-corrected chi connectivity index (χ4v) is 3.11. The van der Waals surface area contributed by atoms with E-state index >= 15 is 0 Å². The van der Waals surface area contributed by atoms with Gasteiger partial charge in [-0.1, -0.05) is 36.2 Å². The highest BCUT2D eigenvalue weighted by molar-refractivity contribution is 6.40. The molecule has 7 heteroatoms. The van der Waals surface area contributed by atoms with E-state index in [1.807, 2.05) is 0 Å². The van der Waals surface area contributed by atoms with Gasteiger partial charge in [-0.25, -0.2) is 9.97 Å². The van der Waals surface area contributed by atoms with Crippen LogP contribution < -0.4 is 10.2 Å². The number of rotatable bonds is 3. The zero-order valence-corrected chi connectivity index (χ0v) is 14.8. The molecular weight excluding hydrogens is 347 g/mol. The van der Waals surface area contributed by atoms with E-state index in [0.29, 0.717) is 27.2 Å². The SMILES string of the molecule is CC1CCN(c2ncc(C(=O)Nc3c(Cl)cccc3Cl)cn2)CC1. The summed E-state index contributed by atoms with van der Waals surface area (Å²) in [6.07, 6.45) is 5.33. The van der Waals surface area contributed by atoms with Crippen LogP contribution in [-0.2, 0) is 0 Å². The lowest BCUT2D eigenvalue weighted by atomic mass is 10.00. The van der Waals surface area contributed by atoms with Gasteiger partial charge in [-0.2, -0.15) is 0 Å². The minimum absolute atomic E-state index is 0.344. The van der Waals surface area contributed by atoms with Crippen molar-refractivity contribution in [2.75, 3.05) is 23.3 Å². The number of piperidine rings is 1. The van der Waals surface area contributed by atoms with Gasteiger partial charge in [0, 0.05) is 25.5 Å². The molecule has 126 valence electrons. The molecule has 0 aliphatic carbocycles. The van der Waals surface area contributed by atoms with Crippen molar-refractivity contribution in [1.82, 2.24) is 9.97 Å². The molecule has 0 bridgehead atoms. The molecule has 0 spiro atoms. The number of aromatic nitrogens is 2. The number of hydrogen-bond donors (Lipinski definition) is 1.